The number of aromatic nitrogens is 2. The van der Waals surface area contributed by atoms with E-state index in [9.17, 15) is 9.59 Å². The Balaban J connectivity index is 1.78. The lowest BCUT2D eigenvalue weighted by molar-refractivity contribution is -0.123. The summed E-state index contributed by atoms with van der Waals surface area (Å²) in [5.74, 6) is -0.0700. The third-order valence-corrected chi connectivity index (χ3v) is 4.15. The lowest BCUT2D eigenvalue weighted by Gasteiger charge is -2.24. The molecule has 1 aromatic heterocycles. The third kappa shape index (κ3) is 5.35. The van der Waals surface area contributed by atoms with Crippen LogP contribution in [0.25, 0.3) is 0 Å². The van der Waals surface area contributed by atoms with Crippen molar-refractivity contribution < 1.29 is 9.59 Å². The van der Waals surface area contributed by atoms with E-state index in [1.54, 1.807) is 0 Å². The van der Waals surface area contributed by atoms with E-state index in [1.807, 2.05) is 11.6 Å². The SMILES string of the molecule is CC(=O)NCCNC(=O)CN1CCCC1Cn1nc(C)cc1C. The molecule has 1 aromatic rings. The number of hydrogen-bond donors (Lipinski definition) is 2. The van der Waals surface area contributed by atoms with Crippen LogP contribution in [0, 0.1) is 13.8 Å². The standard InChI is InChI=1S/C16H27N5O2/c1-12-9-13(2)21(19-12)10-15-5-4-8-20(15)11-16(23)18-7-6-17-14(3)22/h9,15H,4-8,10-11H2,1-3H3,(H,17,22)(H,18,23). The Labute approximate surface area is 137 Å². The van der Waals surface area contributed by atoms with Crippen molar-refractivity contribution in [2.24, 2.45) is 0 Å². The first kappa shape index (κ1) is 17.5. The van der Waals surface area contributed by atoms with Crippen LogP contribution in [0.15, 0.2) is 6.07 Å². The Morgan fingerprint density at radius 3 is 2.70 bits per heavy atom. The van der Waals surface area contributed by atoms with Crippen molar-refractivity contribution in [1.29, 1.82) is 0 Å². The Kier molecular flexibility index (Phi) is 6.15. The van der Waals surface area contributed by atoms with Gasteiger partial charge in [-0.15, -0.1) is 0 Å². The topological polar surface area (TPSA) is 79.3 Å². The zero-order chi connectivity index (χ0) is 16.8. The highest BCUT2D eigenvalue weighted by molar-refractivity contribution is 5.78. The number of amides is 2. The van der Waals surface area contributed by atoms with E-state index in [0.717, 1.165) is 37.3 Å². The van der Waals surface area contributed by atoms with Crippen LogP contribution in [0.5, 0.6) is 0 Å². The number of rotatable bonds is 7. The monoisotopic (exact) mass is 321 g/mol. The summed E-state index contributed by atoms with van der Waals surface area (Å²) in [5.41, 5.74) is 2.19. The molecule has 0 radical (unpaired) electrons. The summed E-state index contributed by atoms with van der Waals surface area (Å²) in [6, 6.07) is 2.43. The van der Waals surface area contributed by atoms with E-state index in [0.29, 0.717) is 25.7 Å². The Morgan fingerprint density at radius 1 is 1.30 bits per heavy atom. The molecule has 1 atom stereocenters. The van der Waals surface area contributed by atoms with Gasteiger partial charge in [-0.3, -0.25) is 19.2 Å². The van der Waals surface area contributed by atoms with Crippen molar-refractivity contribution >= 4 is 11.8 Å². The van der Waals surface area contributed by atoms with Gasteiger partial charge in [-0.2, -0.15) is 5.10 Å². The fourth-order valence-electron chi connectivity index (χ4n) is 3.05. The van der Waals surface area contributed by atoms with Gasteiger partial charge in [0.15, 0.2) is 0 Å². The number of nitrogens with one attached hydrogen (secondary N) is 2. The predicted molar refractivity (Wildman–Crippen MR) is 88.0 cm³/mol. The zero-order valence-corrected chi connectivity index (χ0v) is 14.3. The Bertz CT molecular complexity index is 555. The molecule has 0 saturated carbocycles. The van der Waals surface area contributed by atoms with Gasteiger partial charge >= 0.3 is 0 Å². The molecule has 1 aliphatic heterocycles. The average Bonchev–Trinajstić information content (AvgIpc) is 3.02. The van der Waals surface area contributed by atoms with Crippen LogP contribution >= 0.6 is 0 Å². The summed E-state index contributed by atoms with van der Waals surface area (Å²) >= 11 is 0. The first-order valence-corrected chi connectivity index (χ1v) is 8.22. The fourth-order valence-corrected chi connectivity index (χ4v) is 3.05. The van der Waals surface area contributed by atoms with Gasteiger partial charge in [-0.25, -0.2) is 0 Å². The summed E-state index contributed by atoms with van der Waals surface area (Å²) < 4.78 is 2.03. The van der Waals surface area contributed by atoms with Crippen molar-refractivity contribution in [1.82, 2.24) is 25.3 Å². The highest BCUT2D eigenvalue weighted by Crippen LogP contribution is 2.19. The van der Waals surface area contributed by atoms with Crippen molar-refractivity contribution in [3.05, 3.63) is 17.5 Å². The molecule has 7 nitrogen and oxygen atoms in total. The molecule has 0 aliphatic carbocycles. The van der Waals surface area contributed by atoms with Crippen LogP contribution in [0.4, 0.5) is 0 Å². The molecule has 1 fully saturated rings. The van der Waals surface area contributed by atoms with E-state index < -0.39 is 0 Å². The first-order valence-electron chi connectivity index (χ1n) is 8.22. The van der Waals surface area contributed by atoms with Crippen LogP contribution in [-0.2, 0) is 16.1 Å². The minimum Gasteiger partial charge on any atom is -0.355 e. The van der Waals surface area contributed by atoms with E-state index in [4.69, 9.17) is 0 Å². The van der Waals surface area contributed by atoms with E-state index in [1.165, 1.54) is 6.92 Å². The third-order valence-electron chi connectivity index (χ3n) is 4.15. The lowest BCUT2D eigenvalue weighted by atomic mass is 10.2. The second kappa shape index (κ2) is 8.10. The predicted octanol–water partition coefficient (Wildman–Crippen LogP) is 0.217. The van der Waals surface area contributed by atoms with Gasteiger partial charge in [0.1, 0.15) is 0 Å². The Morgan fingerprint density at radius 2 is 2.04 bits per heavy atom. The molecule has 0 bridgehead atoms. The van der Waals surface area contributed by atoms with Crippen LogP contribution in [0.1, 0.15) is 31.2 Å². The molecule has 2 amide bonds. The smallest absolute Gasteiger partial charge is 0.234 e. The maximum Gasteiger partial charge on any atom is 0.234 e. The highest BCUT2D eigenvalue weighted by atomic mass is 16.2. The first-order chi connectivity index (χ1) is 11.0. The van der Waals surface area contributed by atoms with Crippen LogP contribution in [-0.4, -0.2) is 58.7 Å². The molecular weight excluding hydrogens is 294 g/mol. The Hall–Kier alpha value is -1.89. The number of hydrogen-bond acceptors (Lipinski definition) is 4. The second-order valence-corrected chi connectivity index (χ2v) is 6.21. The minimum absolute atomic E-state index is 0.00983. The van der Waals surface area contributed by atoms with Crippen molar-refractivity contribution in [2.75, 3.05) is 26.2 Å². The zero-order valence-electron chi connectivity index (χ0n) is 14.3. The van der Waals surface area contributed by atoms with E-state index >= 15 is 0 Å². The summed E-state index contributed by atoms with van der Waals surface area (Å²) in [7, 11) is 0. The van der Waals surface area contributed by atoms with Crippen molar-refractivity contribution in [2.45, 2.75) is 46.2 Å². The van der Waals surface area contributed by atoms with Gasteiger partial charge in [-0.05, 0) is 39.3 Å². The normalized spacial score (nSPS) is 18.1. The molecule has 1 aliphatic rings. The van der Waals surface area contributed by atoms with Crippen LogP contribution in [0.2, 0.25) is 0 Å². The number of carbonyl (C=O) groups excluding carboxylic acids is 2. The molecule has 2 heterocycles. The second-order valence-electron chi connectivity index (χ2n) is 6.21. The van der Waals surface area contributed by atoms with Gasteiger partial charge in [0.25, 0.3) is 0 Å². The number of likely N-dealkylation sites (tertiary alicyclic amines) is 1. The van der Waals surface area contributed by atoms with Crippen molar-refractivity contribution in [3.8, 4) is 0 Å². The fraction of sp³-hybridized carbons (Fsp3) is 0.688. The summed E-state index contributed by atoms with van der Waals surface area (Å²) in [5, 5.41) is 10.0. The summed E-state index contributed by atoms with van der Waals surface area (Å²) in [6.07, 6.45) is 2.21. The maximum atomic E-state index is 12.0. The number of carbonyl (C=O) groups is 2. The van der Waals surface area contributed by atoms with E-state index in [2.05, 4.69) is 33.6 Å². The van der Waals surface area contributed by atoms with Gasteiger partial charge in [0.05, 0.1) is 18.8 Å². The summed E-state index contributed by atoms with van der Waals surface area (Å²) in [6.45, 7) is 8.65. The number of nitrogens with zero attached hydrogens (tertiary/aromatic N) is 3. The minimum atomic E-state index is -0.0799. The molecule has 0 spiro atoms. The highest BCUT2D eigenvalue weighted by Gasteiger charge is 2.27. The lowest BCUT2D eigenvalue weighted by Crippen LogP contribution is -2.43. The molecule has 1 unspecified atom stereocenters. The maximum absolute atomic E-state index is 12.0. The van der Waals surface area contributed by atoms with Gasteiger partial charge in [0.2, 0.25) is 11.8 Å². The summed E-state index contributed by atoms with van der Waals surface area (Å²) in [4.78, 5) is 25.0. The van der Waals surface area contributed by atoms with Gasteiger partial charge in [0, 0.05) is 31.7 Å². The molecular formula is C16H27N5O2. The van der Waals surface area contributed by atoms with Crippen LogP contribution in [0.3, 0.4) is 0 Å². The molecule has 2 rings (SSSR count). The largest absolute Gasteiger partial charge is 0.355 e. The molecule has 0 aromatic carbocycles. The van der Waals surface area contributed by atoms with E-state index in [-0.39, 0.29) is 11.8 Å². The average molecular weight is 321 g/mol. The molecule has 128 valence electrons. The van der Waals surface area contributed by atoms with Gasteiger partial charge in [-0.1, -0.05) is 0 Å². The van der Waals surface area contributed by atoms with Crippen molar-refractivity contribution in [3.63, 3.8) is 0 Å². The molecule has 1 saturated heterocycles. The quantitative estimate of drug-likeness (QED) is 0.704. The van der Waals surface area contributed by atoms with Gasteiger partial charge < -0.3 is 10.6 Å². The number of aryl methyl sites for hydroxylation is 2. The molecule has 23 heavy (non-hydrogen) atoms. The molecule has 7 heteroatoms. The molecule has 2 N–H and O–H groups in total. The van der Waals surface area contributed by atoms with Crippen LogP contribution < -0.4 is 10.6 Å².